The van der Waals surface area contributed by atoms with E-state index < -0.39 is 0 Å². The van der Waals surface area contributed by atoms with Gasteiger partial charge in [0.05, 0.1) is 12.7 Å². The Balaban J connectivity index is 1.28. The summed E-state index contributed by atoms with van der Waals surface area (Å²) < 4.78 is 7.46. The van der Waals surface area contributed by atoms with Crippen LogP contribution in [0.5, 0.6) is 0 Å². The number of amides is 3. The Morgan fingerprint density at radius 1 is 1.21 bits per heavy atom. The third kappa shape index (κ3) is 4.57. The molecule has 2 aliphatic rings. The largest absolute Gasteiger partial charge is 0.451 e. The number of carbonyl (C=O) groups is 3. The first-order chi connectivity index (χ1) is 16.5. The number of hydrogen-bond donors (Lipinski definition) is 1. The van der Waals surface area contributed by atoms with Crippen molar-refractivity contribution in [1.29, 1.82) is 0 Å². The molecule has 1 atom stereocenters. The molecule has 1 saturated heterocycles. The van der Waals surface area contributed by atoms with Gasteiger partial charge in [0.25, 0.3) is 5.91 Å². The van der Waals surface area contributed by atoms with E-state index in [4.69, 9.17) is 4.42 Å². The van der Waals surface area contributed by atoms with Gasteiger partial charge in [0.1, 0.15) is 12.1 Å². The Kier molecular flexibility index (Phi) is 5.87. The third-order valence-corrected chi connectivity index (χ3v) is 6.15. The fourth-order valence-corrected chi connectivity index (χ4v) is 4.48. The van der Waals surface area contributed by atoms with Gasteiger partial charge in [-0.05, 0) is 42.7 Å². The highest BCUT2D eigenvalue weighted by Gasteiger charge is 2.28. The normalized spacial score (nSPS) is 18.7. The third-order valence-electron chi connectivity index (χ3n) is 6.15. The molecule has 0 radical (unpaired) electrons. The number of rotatable bonds is 5. The van der Waals surface area contributed by atoms with Gasteiger partial charge in [-0.3, -0.25) is 19.1 Å². The van der Waals surface area contributed by atoms with Crippen LogP contribution in [0.2, 0.25) is 0 Å². The van der Waals surface area contributed by atoms with Crippen LogP contribution in [0.4, 0.5) is 0 Å². The van der Waals surface area contributed by atoms with Crippen LogP contribution in [0.3, 0.4) is 0 Å². The van der Waals surface area contributed by atoms with Crippen molar-refractivity contribution in [2.45, 2.75) is 32.4 Å². The summed E-state index contributed by atoms with van der Waals surface area (Å²) in [4.78, 5) is 40.8. The topological polar surface area (TPSA) is 114 Å². The zero-order chi connectivity index (χ0) is 23.7. The number of piperazine rings is 1. The first-order valence-electron chi connectivity index (χ1n) is 11.4. The van der Waals surface area contributed by atoms with Crippen molar-refractivity contribution in [3.63, 3.8) is 0 Å². The number of furan rings is 1. The van der Waals surface area contributed by atoms with Crippen LogP contribution in [0.25, 0.3) is 16.5 Å². The van der Waals surface area contributed by atoms with Crippen molar-refractivity contribution in [3.05, 3.63) is 54.1 Å². The number of nitrogens with one attached hydrogen (secondary N) is 1. The molecule has 0 aliphatic carbocycles. The second-order valence-corrected chi connectivity index (χ2v) is 8.77. The number of hydrogen-bond acceptors (Lipinski definition) is 6. The lowest BCUT2D eigenvalue weighted by Crippen LogP contribution is -2.54. The fourth-order valence-electron chi connectivity index (χ4n) is 4.48. The van der Waals surface area contributed by atoms with Crippen molar-refractivity contribution < 1.29 is 18.8 Å². The summed E-state index contributed by atoms with van der Waals surface area (Å²) in [5.74, 6) is -0.162. The minimum absolute atomic E-state index is 0.0269. The van der Waals surface area contributed by atoms with E-state index in [1.54, 1.807) is 23.1 Å². The van der Waals surface area contributed by atoms with E-state index in [-0.39, 0.29) is 36.1 Å². The molecule has 5 rings (SSSR count). The van der Waals surface area contributed by atoms with Gasteiger partial charge in [0.15, 0.2) is 5.76 Å². The molecule has 3 amide bonds. The Labute approximate surface area is 196 Å². The summed E-state index contributed by atoms with van der Waals surface area (Å²) in [7, 11) is 0. The van der Waals surface area contributed by atoms with Gasteiger partial charge in [-0.25, -0.2) is 0 Å². The van der Waals surface area contributed by atoms with E-state index in [0.717, 1.165) is 22.9 Å². The molecule has 1 aromatic carbocycles. The highest BCUT2D eigenvalue weighted by atomic mass is 16.3. The SMILES string of the molecule is CC1CN(C(=O)c2cc3cc(C4=CCCN(C(=O)CCn5ccnn5)C4)ccc3o2)CC(=O)N1. The zero-order valence-corrected chi connectivity index (χ0v) is 18.9. The van der Waals surface area contributed by atoms with Crippen LogP contribution in [-0.4, -0.2) is 74.7 Å². The minimum Gasteiger partial charge on any atom is -0.451 e. The summed E-state index contributed by atoms with van der Waals surface area (Å²) in [6.07, 6.45) is 6.65. The summed E-state index contributed by atoms with van der Waals surface area (Å²) >= 11 is 0. The molecular weight excluding hydrogens is 436 g/mol. The van der Waals surface area contributed by atoms with E-state index in [0.29, 0.717) is 38.2 Å². The zero-order valence-electron chi connectivity index (χ0n) is 18.9. The molecule has 1 unspecified atom stereocenters. The first kappa shape index (κ1) is 21.9. The maximum absolute atomic E-state index is 12.9. The molecule has 0 bridgehead atoms. The molecule has 1 N–H and O–H groups in total. The predicted octanol–water partition coefficient (Wildman–Crippen LogP) is 1.69. The molecule has 2 aliphatic heterocycles. The van der Waals surface area contributed by atoms with Gasteiger partial charge in [0.2, 0.25) is 11.8 Å². The first-order valence-corrected chi connectivity index (χ1v) is 11.4. The van der Waals surface area contributed by atoms with Crippen molar-refractivity contribution in [1.82, 2.24) is 30.1 Å². The number of aryl methyl sites for hydroxylation is 1. The number of carbonyl (C=O) groups excluding carboxylic acids is 3. The standard InChI is InChI=1S/C24H26N6O4/c1-16-13-29(15-22(31)26-16)24(33)21-12-19-11-17(4-5-20(19)34-21)18-3-2-8-28(14-18)23(32)6-9-30-10-7-25-27-30/h3-5,7,10-12,16H,2,6,8-9,13-15H2,1H3,(H,26,31). The van der Waals surface area contributed by atoms with Crippen molar-refractivity contribution in [3.8, 4) is 0 Å². The van der Waals surface area contributed by atoms with E-state index >= 15 is 0 Å². The molecule has 2 aromatic heterocycles. The van der Waals surface area contributed by atoms with Crippen LogP contribution in [0.1, 0.15) is 35.9 Å². The highest BCUT2D eigenvalue weighted by Crippen LogP contribution is 2.27. The van der Waals surface area contributed by atoms with Crippen molar-refractivity contribution >= 4 is 34.3 Å². The molecule has 4 heterocycles. The van der Waals surface area contributed by atoms with Gasteiger partial charge in [-0.2, -0.15) is 0 Å². The molecule has 10 heteroatoms. The predicted molar refractivity (Wildman–Crippen MR) is 124 cm³/mol. The Morgan fingerprint density at radius 2 is 2.09 bits per heavy atom. The highest BCUT2D eigenvalue weighted by molar-refractivity contribution is 5.99. The molecular formula is C24H26N6O4. The monoisotopic (exact) mass is 462 g/mol. The Morgan fingerprint density at radius 3 is 2.88 bits per heavy atom. The molecule has 3 aromatic rings. The van der Waals surface area contributed by atoms with Crippen molar-refractivity contribution in [2.75, 3.05) is 26.2 Å². The van der Waals surface area contributed by atoms with E-state index in [2.05, 4.69) is 21.7 Å². The molecule has 176 valence electrons. The van der Waals surface area contributed by atoms with Crippen LogP contribution in [0, 0.1) is 0 Å². The summed E-state index contributed by atoms with van der Waals surface area (Å²) in [6.45, 7) is 4.06. The van der Waals surface area contributed by atoms with E-state index in [9.17, 15) is 14.4 Å². The minimum atomic E-state index is -0.291. The van der Waals surface area contributed by atoms with E-state index in [1.165, 1.54) is 4.90 Å². The van der Waals surface area contributed by atoms with Gasteiger partial charge < -0.3 is 19.5 Å². The van der Waals surface area contributed by atoms with Crippen LogP contribution in [-0.2, 0) is 16.1 Å². The second-order valence-electron chi connectivity index (χ2n) is 8.77. The molecule has 34 heavy (non-hydrogen) atoms. The average molecular weight is 463 g/mol. The number of nitrogens with zero attached hydrogens (tertiary/aromatic N) is 5. The van der Waals surface area contributed by atoms with Gasteiger partial charge in [-0.1, -0.05) is 17.4 Å². The van der Waals surface area contributed by atoms with Gasteiger partial charge in [0, 0.05) is 43.7 Å². The van der Waals surface area contributed by atoms with Gasteiger partial charge in [-0.15, -0.1) is 5.10 Å². The van der Waals surface area contributed by atoms with Crippen LogP contribution in [0.15, 0.2) is 47.2 Å². The second kappa shape index (κ2) is 9.12. The maximum Gasteiger partial charge on any atom is 0.290 e. The molecule has 10 nitrogen and oxygen atoms in total. The van der Waals surface area contributed by atoms with Crippen LogP contribution < -0.4 is 5.32 Å². The lowest BCUT2D eigenvalue weighted by molar-refractivity contribution is -0.131. The molecule has 1 fully saturated rings. The average Bonchev–Trinajstić information content (AvgIpc) is 3.51. The lowest BCUT2D eigenvalue weighted by atomic mass is 9.99. The van der Waals surface area contributed by atoms with Gasteiger partial charge >= 0.3 is 0 Å². The summed E-state index contributed by atoms with van der Waals surface area (Å²) in [5.41, 5.74) is 2.67. The van der Waals surface area contributed by atoms with Crippen LogP contribution >= 0.6 is 0 Å². The summed E-state index contributed by atoms with van der Waals surface area (Å²) in [6, 6.07) is 7.41. The maximum atomic E-state index is 12.9. The smallest absolute Gasteiger partial charge is 0.290 e. The number of fused-ring (bicyclic) bond motifs is 1. The van der Waals surface area contributed by atoms with Crippen molar-refractivity contribution in [2.24, 2.45) is 0 Å². The Hall–Kier alpha value is -3.95. The number of aromatic nitrogens is 3. The van der Waals surface area contributed by atoms with E-state index in [1.807, 2.05) is 30.0 Å². The molecule has 0 saturated carbocycles. The summed E-state index contributed by atoms with van der Waals surface area (Å²) in [5, 5.41) is 11.3. The fraction of sp³-hybridized carbons (Fsp3) is 0.375. The lowest BCUT2D eigenvalue weighted by Gasteiger charge is -2.30. The molecule has 0 spiro atoms. The quantitative estimate of drug-likeness (QED) is 0.617. The number of benzene rings is 1. The Bertz CT molecular complexity index is 1260.